The van der Waals surface area contributed by atoms with Gasteiger partial charge < -0.3 is 14.4 Å². The first kappa shape index (κ1) is 16.7. The molecule has 3 rings (SSSR count). The number of anilines is 1. The van der Waals surface area contributed by atoms with Crippen LogP contribution < -0.4 is 14.4 Å². The molecule has 24 heavy (non-hydrogen) atoms. The number of carbonyl (C=O) groups is 1. The summed E-state index contributed by atoms with van der Waals surface area (Å²) in [6, 6.07) is 15.4. The number of thioether (sulfide) groups is 1. The molecule has 2 aromatic carbocycles. The van der Waals surface area contributed by atoms with Crippen molar-refractivity contribution in [2.45, 2.75) is 23.5 Å². The Kier molecular flexibility index (Phi) is 5.30. The molecule has 1 amide bonds. The lowest BCUT2D eigenvalue weighted by molar-refractivity contribution is -0.120. The van der Waals surface area contributed by atoms with Crippen LogP contribution in [0.1, 0.15) is 13.3 Å². The van der Waals surface area contributed by atoms with Crippen LogP contribution in [0, 0.1) is 0 Å². The fraction of sp³-hybridized carbons (Fsp3) is 0.316. The molecule has 1 aliphatic rings. The number of methoxy groups -OCH3 is 1. The fourth-order valence-corrected chi connectivity index (χ4v) is 3.81. The number of nitrogens with zero attached hydrogens (tertiary/aromatic N) is 1. The fourth-order valence-electron chi connectivity index (χ4n) is 2.70. The third-order valence-electron chi connectivity index (χ3n) is 3.96. The Morgan fingerprint density at radius 3 is 2.67 bits per heavy atom. The van der Waals surface area contributed by atoms with E-state index >= 15 is 0 Å². The van der Waals surface area contributed by atoms with Gasteiger partial charge in [0.25, 0.3) is 5.91 Å². The predicted molar refractivity (Wildman–Crippen MR) is 97.2 cm³/mol. The molecule has 0 bridgehead atoms. The Bertz CT molecular complexity index is 719. The van der Waals surface area contributed by atoms with Crippen LogP contribution in [0.4, 0.5) is 5.69 Å². The van der Waals surface area contributed by atoms with E-state index in [1.165, 1.54) is 0 Å². The van der Waals surface area contributed by atoms with Crippen LogP contribution in [0.25, 0.3) is 0 Å². The number of benzene rings is 2. The average Bonchev–Trinajstić information content (AvgIpc) is 2.78. The quantitative estimate of drug-likeness (QED) is 0.841. The van der Waals surface area contributed by atoms with Gasteiger partial charge in [0.05, 0.1) is 12.8 Å². The van der Waals surface area contributed by atoms with Crippen LogP contribution in [-0.2, 0) is 4.79 Å². The molecule has 4 nitrogen and oxygen atoms in total. The summed E-state index contributed by atoms with van der Waals surface area (Å²) in [5, 5.41) is 0.485. The standard InChI is InChI=1S/C19H21NO3S/c1-14-11-12-20(15-7-3-6-10-18(15)24-14)19(21)13-23-17-9-5-4-8-16(17)22-2/h3-10,14H,11-13H2,1-2H3/t14-/m0/s1. The van der Waals surface area contributed by atoms with E-state index in [9.17, 15) is 4.79 Å². The first-order valence-corrected chi connectivity index (χ1v) is 8.89. The molecule has 0 radical (unpaired) electrons. The van der Waals surface area contributed by atoms with E-state index in [-0.39, 0.29) is 12.5 Å². The molecular formula is C19H21NO3S. The lowest BCUT2D eigenvalue weighted by Crippen LogP contribution is -2.36. The van der Waals surface area contributed by atoms with E-state index in [2.05, 4.69) is 13.0 Å². The third kappa shape index (κ3) is 3.67. The second-order valence-electron chi connectivity index (χ2n) is 5.67. The van der Waals surface area contributed by atoms with Crippen molar-refractivity contribution < 1.29 is 14.3 Å². The van der Waals surface area contributed by atoms with Gasteiger partial charge in [0.1, 0.15) is 0 Å². The molecule has 5 heteroatoms. The van der Waals surface area contributed by atoms with Crippen molar-refractivity contribution in [1.29, 1.82) is 0 Å². The van der Waals surface area contributed by atoms with Gasteiger partial charge in [-0.1, -0.05) is 31.2 Å². The van der Waals surface area contributed by atoms with E-state index in [0.717, 1.165) is 17.0 Å². The van der Waals surface area contributed by atoms with Gasteiger partial charge in [-0.05, 0) is 30.7 Å². The summed E-state index contributed by atoms with van der Waals surface area (Å²) in [6.45, 7) is 2.90. The molecular weight excluding hydrogens is 322 g/mol. The molecule has 0 saturated carbocycles. The highest BCUT2D eigenvalue weighted by molar-refractivity contribution is 8.00. The molecule has 0 saturated heterocycles. The highest BCUT2D eigenvalue weighted by Crippen LogP contribution is 2.37. The van der Waals surface area contributed by atoms with Crippen LogP contribution in [0.15, 0.2) is 53.4 Å². The third-order valence-corrected chi connectivity index (χ3v) is 5.20. The Hall–Kier alpha value is -2.14. The zero-order valence-electron chi connectivity index (χ0n) is 13.9. The SMILES string of the molecule is COc1ccccc1OCC(=O)N1CC[C@H](C)Sc2ccccc21. The van der Waals surface area contributed by atoms with Crippen LogP contribution >= 0.6 is 11.8 Å². The summed E-state index contributed by atoms with van der Waals surface area (Å²) in [4.78, 5) is 15.7. The second kappa shape index (κ2) is 7.62. The summed E-state index contributed by atoms with van der Waals surface area (Å²) in [5.74, 6) is 1.17. The van der Waals surface area contributed by atoms with Gasteiger partial charge in [-0.2, -0.15) is 0 Å². The van der Waals surface area contributed by atoms with Gasteiger partial charge in [-0.25, -0.2) is 0 Å². The number of hydrogen-bond acceptors (Lipinski definition) is 4. The molecule has 0 aromatic heterocycles. The Morgan fingerprint density at radius 2 is 1.88 bits per heavy atom. The van der Waals surface area contributed by atoms with Crippen LogP contribution in [0.5, 0.6) is 11.5 Å². The molecule has 0 N–H and O–H groups in total. The predicted octanol–water partition coefficient (Wildman–Crippen LogP) is 3.99. The summed E-state index contributed by atoms with van der Waals surface area (Å²) in [6.07, 6.45) is 0.958. The zero-order valence-corrected chi connectivity index (χ0v) is 14.7. The van der Waals surface area contributed by atoms with Crippen molar-refractivity contribution in [3.8, 4) is 11.5 Å². The van der Waals surface area contributed by atoms with Crippen molar-refractivity contribution in [1.82, 2.24) is 0 Å². The minimum atomic E-state index is -0.0388. The number of para-hydroxylation sites is 3. The molecule has 0 fully saturated rings. The summed E-state index contributed by atoms with van der Waals surface area (Å²) in [5.41, 5.74) is 0.973. The van der Waals surface area contributed by atoms with Gasteiger partial charge in [-0.3, -0.25) is 4.79 Å². The second-order valence-corrected chi connectivity index (χ2v) is 7.15. The van der Waals surface area contributed by atoms with Gasteiger partial charge in [0.2, 0.25) is 0 Å². The lowest BCUT2D eigenvalue weighted by Gasteiger charge is -2.22. The number of amides is 1. The maximum absolute atomic E-state index is 12.7. The average molecular weight is 343 g/mol. The van der Waals surface area contributed by atoms with E-state index in [1.807, 2.05) is 53.1 Å². The Balaban J connectivity index is 1.75. The molecule has 0 unspecified atom stereocenters. The first-order valence-electron chi connectivity index (χ1n) is 8.01. The number of rotatable bonds is 4. The molecule has 1 heterocycles. The maximum atomic E-state index is 12.7. The number of hydrogen-bond donors (Lipinski definition) is 0. The van der Waals surface area contributed by atoms with E-state index < -0.39 is 0 Å². The van der Waals surface area contributed by atoms with Gasteiger partial charge >= 0.3 is 0 Å². The highest BCUT2D eigenvalue weighted by atomic mass is 32.2. The van der Waals surface area contributed by atoms with E-state index in [0.29, 0.717) is 23.3 Å². The molecule has 0 aliphatic carbocycles. The normalized spacial score (nSPS) is 16.9. The van der Waals surface area contributed by atoms with Crippen molar-refractivity contribution in [3.63, 3.8) is 0 Å². The monoisotopic (exact) mass is 343 g/mol. The maximum Gasteiger partial charge on any atom is 0.264 e. The summed E-state index contributed by atoms with van der Waals surface area (Å²) in [7, 11) is 1.59. The summed E-state index contributed by atoms with van der Waals surface area (Å²) < 4.78 is 11.0. The lowest BCUT2D eigenvalue weighted by atomic mass is 10.2. The largest absolute Gasteiger partial charge is 0.493 e. The number of carbonyl (C=O) groups excluding carboxylic acids is 1. The molecule has 2 aromatic rings. The van der Waals surface area contributed by atoms with Gasteiger partial charge in [0, 0.05) is 16.7 Å². The van der Waals surface area contributed by atoms with E-state index in [4.69, 9.17) is 9.47 Å². The Morgan fingerprint density at radius 1 is 1.17 bits per heavy atom. The van der Waals surface area contributed by atoms with Crippen molar-refractivity contribution in [3.05, 3.63) is 48.5 Å². The minimum Gasteiger partial charge on any atom is -0.493 e. The topological polar surface area (TPSA) is 38.8 Å². The smallest absolute Gasteiger partial charge is 0.264 e. The van der Waals surface area contributed by atoms with Crippen LogP contribution in [0.3, 0.4) is 0 Å². The molecule has 1 atom stereocenters. The zero-order chi connectivity index (χ0) is 16.9. The van der Waals surface area contributed by atoms with Gasteiger partial charge in [-0.15, -0.1) is 11.8 Å². The number of fused-ring (bicyclic) bond motifs is 1. The molecule has 1 aliphatic heterocycles. The minimum absolute atomic E-state index is 0.00620. The van der Waals surface area contributed by atoms with Crippen molar-refractivity contribution >= 4 is 23.4 Å². The summed E-state index contributed by atoms with van der Waals surface area (Å²) >= 11 is 1.82. The van der Waals surface area contributed by atoms with Crippen LogP contribution in [-0.4, -0.2) is 31.4 Å². The molecule has 0 spiro atoms. The Labute approximate surface area is 146 Å². The van der Waals surface area contributed by atoms with E-state index in [1.54, 1.807) is 13.2 Å². The highest BCUT2D eigenvalue weighted by Gasteiger charge is 2.24. The van der Waals surface area contributed by atoms with Crippen molar-refractivity contribution in [2.75, 3.05) is 25.2 Å². The van der Waals surface area contributed by atoms with Gasteiger partial charge in [0.15, 0.2) is 18.1 Å². The number of ether oxygens (including phenoxy) is 2. The first-order chi connectivity index (χ1) is 11.7. The van der Waals surface area contributed by atoms with Crippen LogP contribution in [0.2, 0.25) is 0 Å². The van der Waals surface area contributed by atoms with Crippen molar-refractivity contribution in [2.24, 2.45) is 0 Å². The molecule has 126 valence electrons.